The zero-order chi connectivity index (χ0) is 23.1. The molecule has 8 heteroatoms. The molecule has 1 fully saturated rings. The molecular weight excluding hydrogens is 441 g/mol. The number of amides is 1. The molecule has 1 aliphatic rings. The maximum absolute atomic E-state index is 13.5. The summed E-state index contributed by atoms with van der Waals surface area (Å²) in [6, 6.07) is 16.7. The third kappa shape index (κ3) is 3.72. The van der Waals surface area contributed by atoms with E-state index in [0.29, 0.717) is 45.9 Å². The smallest absolute Gasteiger partial charge is 0.326 e. The Morgan fingerprint density at radius 1 is 1.09 bits per heavy atom. The standard InChI is InChI=1S/C25H20FN3O3S/c26-16-10-8-15(9-11-16)18-13-17(14-5-2-1-3-6-14)20-21(27)22(33-23(20)28-18)24(30)29-12-4-7-19(29)25(31)32/h1-3,5-6,8-11,13,19H,4,7,12,27H2,(H,31,32)/t19-/m1/s1. The fraction of sp³-hybridized carbons (Fsp3) is 0.160. The highest BCUT2D eigenvalue weighted by molar-refractivity contribution is 7.21. The van der Waals surface area contributed by atoms with E-state index in [1.165, 1.54) is 17.0 Å². The SMILES string of the molecule is Nc1c(C(=O)N2CCC[C@@H]2C(=O)O)sc2nc(-c3ccc(F)cc3)cc(-c3ccccc3)c12. The van der Waals surface area contributed by atoms with Crippen LogP contribution in [-0.2, 0) is 4.79 Å². The monoisotopic (exact) mass is 461 g/mol. The van der Waals surface area contributed by atoms with Crippen molar-refractivity contribution in [3.8, 4) is 22.4 Å². The van der Waals surface area contributed by atoms with Crippen LogP contribution in [-0.4, -0.2) is 39.5 Å². The summed E-state index contributed by atoms with van der Waals surface area (Å²) in [6.07, 6.45) is 1.06. The number of nitrogen functional groups attached to an aromatic ring is 1. The number of benzene rings is 2. The van der Waals surface area contributed by atoms with Crippen molar-refractivity contribution in [3.05, 3.63) is 71.4 Å². The summed E-state index contributed by atoms with van der Waals surface area (Å²) in [7, 11) is 0. The molecule has 1 aliphatic heterocycles. The molecule has 0 radical (unpaired) electrons. The van der Waals surface area contributed by atoms with E-state index in [9.17, 15) is 19.1 Å². The normalized spacial score (nSPS) is 15.8. The number of hydrogen-bond donors (Lipinski definition) is 2. The third-order valence-electron chi connectivity index (χ3n) is 5.92. The highest BCUT2D eigenvalue weighted by atomic mass is 32.1. The summed E-state index contributed by atoms with van der Waals surface area (Å²) in [4.78, 5) is 31.9. The predicted molar refractivity (Wildman–Crippen MR) is 127 cm³/mol. The number of rotatable bonds is 4. The van der Waals surface area contributed by atoms with Crippen LogP contribution in [0.2, 0.25) is 0 Å². The maximum Gasteiger partial charge on any atom is 0.326 e. The van der Waals surface area contributed by atoms with Gasteiger partial charge in [-0.15, -0.1) is 11.3 Å². The zero-order valence-electron chi connectivity index (χ0n) is 17.5. The van der Waals surface area contributed by atoms with Gasteiger partial charge in [-0.3, -0.25) is 4.79 Å². The summed E-state index contributed by atoms with van der Waals surface area (Å²) in [6.45, 7) is 0.378. The Balaban J connectivity index is 1.70. The summed E-state index contributed by atoms with van der Waals surface area (Å²) < 4.78 is 13.5. The Hall–Kier alpha value is -3.78. The van der Waals surface area contributed by atoms with Gasteiger partial charge in [-0.25, -0.2) is 14.2 Å². The number of carboxylic acid groups (broad SMARTS) is 1. The molecule has 6 nitrogen and oxygen atoms in total. The molecule has 1 saturated heterocycles. The molecule has 3 heterocycles. The number of likely N-dealkylation sites (tertiary alicyclic amines) is 1. The van der Waals surface area contributed by atoms with E-state index in [1.807, 2.05) is 36.4 Å². The van der Waals surface area contributed by atoms with Crippen molar-refractivity contribution in [2.45, 2.75) is 18.9 Å². The van der Waals surface area contributed by atoms with Crippen molar-refractivity contribution >= 4 is 39.1 Å². The number of aliphatic carboxylic acids is 1. The first-order valence-electron chi connectivity index (χ1n) is 10.5. The van der Waals surface area contributed by atoms with E-state index in [2.05, 4.69) is 0 Å². The number of pyridine rings is 1. The number of anilines is 1. The topological polar surface area (TPSA) is 96.5 Å². The van der Waals surface area contributed by atoms with Crippen molar-refractivity contribution in [1.82, 2.24) is 9.88 Å². The molecule has 166 valence electrons. The van der Waals surface area contributed by atoms with Gasteiger partial charge in [0.05, 0.1) is 11.4 Å². The van der Waals surface area contributed by atoms with Crippen LogP contribution in [0.1, 0.15) is 22.5 Å². The minimum Gasteiger partial charge on any atom is -0.480 e. The number of hydrogen-bond acceptors (Lipinski definition) is 5. The van der Waals surface area contributed by atoms with E-state index >= 15 is 0 Å². The van der Waals surface area contributed by atoms with E-state index in [-0.39, 0.29) is 11.7 Å². The molecule has 0 aliphatic carbocycles. The molecule has 3 N–H and O–H groups in total. The Kier molecular flexibility index (Phi) is 5.30. The van der Waals surface area contributed by atoms with Crippen molar-refractivity contribution in [1.29, 1.82) is 0 Å². The number of carbonyl (C=O) groups is 2. The Bertz CT molecular complexity index is 1370. The van der Waals surface area contributed by atoms with Crippen LogP contribution in [0.3, 0.4) is 0 Å². The molecule has 0 bridgehead atoms. The minimum absolute atomic E-state index is 0.291. The van der Waals surface area contributed by atoms with Gasteiger partial charge in [0.25, 0.3) is 5.91 Å². The second-order valence-corrected chi connectivity index (χ2v) is 8.95. The van der Waals surface area contributed by atoms with Crippen LogP contribution in [0.25, 0.3) is 32.6 Å². The van der Waals surface area contributed by atoms with Crippen LogP contribution in [0.15, 0.2) is 60.7 Å². The summed E-state index contributed by atoms with van der Waals surface area (Å²) in [5, 5.41) is 10.2. The number of nitrogens with zero attached hydrogens (tertiary/aromatic N) is 2. The molecule has 2 aromatic heterocycles. The lowest BCUT2D eigenvalue weighted by atomic mass is 9.99. The Morgan fingerprint density at radius 2 is 1.82 bits per heavy atom. The van der Waals surface area contributed by atoms with Gasteiger partial charge in [-0.05, 0) is 54.3 Å². The van der Waals surface area contributed by atoms with Crippen LogP contribution < -0.4 is 5.73 Å². The predicted octanol–water partition coefficient (Wildman–Crippen LogP) is 5.04. The van der Waals surface area contributed by atoms with Gasteiger partial charge >= 0.3 is 5.97 Å². The number of fused-ring (bicyclic) bond motifs is 1. The lowest BCUT2D eigenvalue weighted by Gasteiger charge is -2.20. The molecular formula is C25H20FN3O3S. The maximum atomic E-state index is 13.5. The highest BCUT2D eigenvalue weighted by Gasteiger charge is 2.36. The second-order valence-electron chi connectivity index (χ2n) is 7.95. The number of halogens is 1. The number of aromatic nitrogens is 1. The highest BCUT2D eigenvalue weighted by Crippen LogP contribution is 2.42. The van der Waals surface area contributed by atoms with Gasteiger partial charge in [-0.1, -0.05) is 30.3 Å². The molecule has 0 saturated carbocycles. The van der Waals surface area contributed by atoms with Crippen LogP contribution >= 0.6 is 11.3 Å². The number of carbonyl (C=O) groups excluding carboxylic acids is 1. The van der Waals surface area contributed by atoms with E-state index in [4.69, 9.17) is 10.7 Å². The van der Waals surface area contributed by atoms with Gasteiger partial charge in [0.15, 0.2) is 0 Å². The average Bonchev–Trinajstić information content (AvgIpc) is 3.44. The van der Waals surface area contributed by atoms with E-state index < -0.39 is 12.0 Å². The summed E-state index contributed by atoms with van der Waals surface area (Å²) in [5.41, 5.74) is 9.88. The molecule has 5 rings (SSSR count). The summed E-state index contributed by atoms with van der Waals surface area (Å²) >= 11 is 1.16. The molecule has 0 unspecified atom stereocenters. The first-order chi connectivity index (χ1) is 15.9. The molecule has 4 aromatic rings. The van der Waals surface area contributed by atoms with Crippen molar-refractivity contribution in [2.24, 2.45) is 0 Å². The average molecular weight is 462 g/mol. The fourth-order valence-electron chi connectivity index (χ4n) is 4.29. The van der Waals surface area contributed by atoms with Crippen LogP contribution in [0.5, 0.6) is 0 Å². The van der Waals surface area contributed by atoms with Gasteiger partial charge in [-0.2, -0.15) is 0 Å². The Morgan fingerprint density at radius 3 is 2.52 bits per heavy atom. The number of thiophene rings is 1. The fourth-order valence-corrected chi connectivity index (χ4v) is 5.37. The van der Waals surface area contributed by atoms with Crippen molar-refractivity contribution in [2.75, 3.05) is 12.3 Å². The zero-order valence-corrected chi connectivity index (χ0v) is 18.3. The number of nitrogens with two attached hydrogens (primary N) is 1. The van der Waals surface area contributed by atoms with E-state index in [0.717, 1.165) is 28.0 Å². The third-order valence-corrected chi connectivity index (χ3v) is 7.00. The first kappa shape index (κ1) is 21.1. The van der Waals surface area contributed by atoms with Crippen LogP contribution in [0, 0.1) is 5.82 Å². The summed E-state index contributed by atoms with van der Waals surface area (Å²) in [5.74, 6) is -1.74. The minimum atomic E-state index is -1.01. The molecule has 1 amide bonds. The van der Waals surface area contributed by atoms with Gasteiger partial charge in [0.2, 0.25) is 0 Å². The molecule has 1 atom stereocenters. The lowest BCUT2D eigenvalue weighted by molar-refractivity contribution is -0.141. The largest absolute Gasteiger partial charge is 0.480 e. The van der Waals surface area contributed by atoms with Gasteiger partial charge < -0.3 is 15.7 Å². The van der Waals surface area contributed by atoms with Crippen LogP contribution in [0.4, 0.5) is 10.1 Å². The first-order valence-corrected chi connectivity index (χ1v) is 11.3. The molecule has 33 heavy (non-hydrogen) atoms. The van der Waals surface area contributed by atoms with Gasteiger partial charge in [0.1, 0.15) is 21.6 Å². The van der Waals surface area contributed by atoms with Crippen molar-refractivity contribution < 1.29 is 19.1 Å². The van der Waals surface area contributed by atoms with E-state index in [1.54, 1.807) is 12.1 Å². The number of carboxylic acids is 1. The molecule has 0 spiro atoms. The lowest BCUT2D eigenvalue weighted by Crippen LogP contribution is -2.40. The Labute approximate surface area is 193 Å². The van der Waals surface area contributed by atoms with Gasteiger partial charge in [0, 0.05) is 17.5 Å². The van der Waals surface area contributed by atoms with Crippen molar-refractivity contribution in [3.63, 3.8) is 0 Å². The molecule has 2 aromatic carbocycles. The second kappa shape index (κ2) is 8.29. The quantitative estimate of drug-likeness (QED) is 0.444.